The van der Waals surface area contributed by atoms with E-state index >= 15 is 0 Å². The summed E-state index contributed by atoms with van der Waals surface area (Å²) in [5.74, 6) is -0.320. The Morgan fingerprint density at radius 2 is 1.87 bits per heavy atom. The first kappa shape index (κ1) is 22.6. The molecule has 1 amide bonds. The summed E-state index contributed by atoms with van der Waals surface area (Å²) in [5, 5.41) is 3.00. The van der Waals surface area contributed by atoms with Gasteiger partial charge in [-0.1, -0.05) is 23.7 Å². The summed E-state index contributed by atoms with van der Waals surface area (Å²) in [6.07, 6.45) is -3.26. The van der Waals surface area contributed by atoms with Crippen LogP contribution in [0.25, 0.3) is 0 Å². The number of nitrogens with two attached hydrogens (primary N) is 1. The smallest absolute Gasteiger partial charge is 0.341 e. The van der Waals surface area contributed by atoms with Crippen LogP contribution in [-0.2, 0) is 17.5 Å². The second-order valence-corrected chi connectivity index (χ2v) is 7.89. The molecule has 0 bridgehead atoms. The van der Waals surface area contributed by atoms with E-state index in [-0.39, 0.29) is 35.8 Å². The summed E-state index contributed by atoms with van der Waals surface area (Å²) in [7, 11) is 0. The van der Waals surface area contributed by atoms with Crippen LogP contribution < -0.4 is 5.73 Å². The number of carbonyl (C=O) groups is 1. The molecular formula is C20H23ClF4N4O. The fourth-order valence-corrected chi connectivity index (χ4v) is 4.19. The number of piperidine rings is 1. The second kappa shape index (κ2) is 8.93. The molecule has 1 saturated heterocycles. The number of alkyl halides is 3. The minimum Gasteiger partial charge on any atom is -0.341 e. The molecule has 1 aliphatic heterocycles. The van der Waals surface area contributed by atoms with Crippen LogP contribution in [0.2, 0.25) is 5.02 Å². The predicted octanol–water partition coefficient (Wildman–Crippen LogP) is 3.98. The summed E-state index contributed by atoms with van der Waals surface area (Å²) in [5.41, 5.74) is 5.83. The highest BCUT2D eigenvalue weighted by Crippen LogP contribution is 2.35. The van der Waals surface area contributed by atoms with E-state index in [0.717, 1.165) is 10.2 Å². The van der Waals surface area contributed by atoms with Crippen LogP contribution in [0.5, 0.6) is 0 Å². The minimum atomic E-state index is -4.67. The lowest BCUT2D eigenvalue weighted by atomic mass is 9.80. The van der Waals surface area contributed by atoms with Crippen molar-refractivity contribution in [3.63, 3.8) is 0 Å². The number of halogens is 5. The molecule has 10 heteroatoms. The maximum Gasteiger partial charge on any atom is 0.436 e. The third-order valence-electron chi connectivity index (χ3n) is 5.70. The van der Waals surface area contributed by atoms with Gasteiger partial charge in [-0.05, 0) is 55.8 Å². The van der Waals surface area contributed by atoms with Crippen molar-refractivity contribution in [3.8, 4) is 0 Å². The Bertz CT molecular complexity index is 889. The molecule has 1 aliphatic rings. The molecule has 0 spiro atoms. The number of amides is 1. The maximum atomic E-state index is 13.2. The maximum absolute atomic E-state index is 13.2. The number of hydrogen-bond acceptors (Lipinski definition) is 3. The Morgan fingerprint density at radius 3 is 2.37 bits per heavy atom. The molecule has 2 aromatic rings. The highest BCUT2D eigenvalue weighted by Gasteiger charge is 2.38. The van der Waals surface area contributed by atoms with E-state index < -0.39 is 16.9 Å². The van der Waals surface area contributed by atoms with Crippen LogP contribution >= 0.6 is 11.6 Å². The average Bonchev–Trinajstić information content (AvgIpc) is 2.99. The molecule has 1 aromatic heterocycles. The van der Waals surface area contributed by atoms with Crippen molar-refractivity contribution in [1.82, 2.24) is 14.7 Å². The van der Waals surface area contributed by atoms with E-state index in [1.54, 1.807) is 17.0 Å². The van der Waals surface area contributed by atoms with Gasteiger partial charge in [-0.3, -0.25) is 9.48 Å². The largest absolute Gasteiger partial charge is 0.436 e. The zero-order chi connectivity index (χ0) is 22.1. The van der Waals surface area contributed by atoms with Crippen LogP contribution in [0.3, 0.4) is 0 Å². The summed E-state index contributed by atoms with van der Waals surface area (Å²) >= 11 is 5.74. The molecular weight excluding hydrogens is 424 g/mol. The summed E-state index contributed by atoms with van der Waals surface area (Å²) in [6, 6.07) is 6.27. The van der Waals surface area contributed by atoms with Gasteiger partial charge in [-0.2, -0.15) is 18.3 Å². The molecule has 30 heavy (non-hydrogen) atoms. The molecule has 0 aliphatic carbocycles. The molecule has 3 rings (SSSR count). The van der Waals surface area contributed by atoms with E-state index in [0.29, 0.717) is 32.5 Å². The van der Waals surface area contributed by atoms with Gasteiger partial charge in [0.25, 0.3) is 0 Å². The Morgan fingerprint density at radius 1 is 1.27 bits per heavy atom. The second-order valence-electron chi connectivity index (χ2n) is 7.52. The SMILES string of the molecule is Cc1c(Cl)c(C(F)(F)F)nn1CC(=O)N1CCC(C(CN)c2ccc(F)cc2)CC1. The average molecular weight is 447 g/mol. The van der Waals surface area contributed by atoms with Crippen molar-refractivity contribution >= 4 is 17.5 Å². The first-order chi connectivity index (χ1) is 14.1. The van der Waals surface area contributed by atoms with Gasteiger partial charge in [0.1, 0.15) is 12.4 Å². The molecule has 1 unspecified atom stereocenters. The lowest BCUT2D eigenvalue weighted by molar-refractivity contribution is -0.142. The fourth-order valence-electron chi connectivity index (χ4n) is 3.95. The van der Waals surface area contributed by atoms with Crippen molar-refractivity contribution in [1.29, 1.82) is 0 Å². The Labute approximate surface area is 176 Å². The van der Waals surface area contributed by atoms with E-state index in [2.05, 4.69) is 5.10 Å². The zero-order valence-electron chi connectivity index (χ0n) is 16.4. The number of carbonyl (C=O) groups excluding carboxylic acids is 1. The third kappa shape index (κ3) is 4.78. The van der Waals surface area contributed by atoms with Crippen LogP contribution in [0.1, 0.15) is 35.7 Å². The molecule has 5 nitrogen and oxygen atoms in total. The van der Waals surface area contributed by atoms with Crippen LogP contribution in [-0.4, -0.2) is 40.2 Å². The lowest BCUT2D eigenvalue weighted by Crippen LogP contribution is -2.42. The summed E-state index contributed by atoms with van der Waals surface area (Å²) < 4.78 is 53.1. The number of benzene rings is 1. The number of nitrogens with zero attached hydrogens (tertiary/aromatic N) is 3. The standard InChI is InChI=1S/C20H23ClF4N4O/c1-12-18(21)19(20(23,24)25)27-29(12)11-17(30)28-8-6-14(7-9-28)16(10-26)13-2-4-15(22)5-3-13/h2-5,14,16H,6-11,26H2,1H3. The van der Waals surface area contributed by atoms with Gasteiger partial charge in [0.05, 0.1) is 10.7 Å². The Balaban J connectivity index is 1.62. The molecule has 2 N–H and O–H groups in total. The van der Waals surface area contributed by atoms with Gasteiger partial charge < -0.3 is 10.6 Å². The van der Waals surface area contributed by atoms with Gasteiger partial charge in [0.2, 0.25) is 5.91 Å². The van der Waals surface area contributed by atoms with Crippen molar-refractivity contribution in [2.75, 3.05) is 19.6 Å². The third-order valence-corrected chi connectivity index (χ3v) is 6.15. The first-order valence-corrected chi connectivity index (χ1v) is 10.0. The predicted molar refractivity (Wildman–Crippen MR) is 104 cm³/mol. The molecule has 1 atom stereocenters. The lowest BCUT2D eigenvalue weighted by Gasteiger charge is -2.36. The molecule has 0 radical (unpaired) electrons. The highest BCUT2D eigenvalue weighted by molar-refractivity contribution is 6.32. The van der Waals surface area contributed by atoms with E-state index in [9.17, 15) is 22.4 Å². The van der Waals surface area contributed by atoms with Crippen LogP contribution in [0, 0.1) is 18.7 Å². The van der Waals surface area contributed by atoms with Crippen molar-refractivity contribution < 1.29 is 22.4 Å². The molecule has 2 heterocycles. The molecule has 1 fully saturated rings. The summed E-state index contributed by atoms with van der Waals surface area (Å²) in [4.78, 5) is 14.2. The van der Waals surface area contributed by atoms with Crippen LogP contribution in [0.4, 0.5) is 17.6 Å². The summed E-state index contributed by atoms with van der Waals surface area (Å²) in [6.45, 7) is 2.46. The quantitative estimate of drug-likeness (QED) is 0.706. The monoisotopic (exact) mass is 446 g/mol. The van der Waals surface area contributed by atoms with Crippen molar-refractivity contribution in [2.45, 2.75) is 38.4 Å². The van der Waals surface area contributed by atoms with E-state index in [1.807, 2.05) is 0 Å². The number of aromatic nitrogens is 2. The van der Waals surface area contributed by atoms with Gasteiger partial charge >= 0.3 is 6.18 Å². The topological polar surface area (TPSA) is 64.2 Å². The Kier molecular flexibility index (Phi) is 6.71. The van der Waals surface area contributed by atoms with Gasteiger partial charge in [-0.15, -0.1) is 0 Å². The molecule has 0 saturated carbocycles. The van der Waals surface area contributed by atoms with Crippen LogP contribution in [0.15, 0.2) is 24.3 Å². The fraction of sp³-hybridized carbons (Fsp3) is 0.500. The number of hydrogen-bond donors (Lipinski definition) is 1. The van der Waals surface area contributed by atoms with Gasteiger partial charge in [0, 0.05) is 13.1 Å². The molecule has 1 aromatic carbocycles. The molecule has 164 valence electrons. The van der Waals surface area contributed by atoms with Gasteiger partial charge in [0.15, 0.2) is 5.69 Å². The minimum absolute atomic E-state index is 0.0596. The van der Waals surface area contributed by atoms with E-state index in [4.69, 9.17) is 17.3 Å². The first-order valence-electron chi connectivity index (χ1n) is 9.65. The van der Waals surface area contributed by atoms with Crippen molar-refractivity contribution in [2.24, 2.45) is 11.7 Å². The number of rotatable bonds is 5. The highest BCUT2D eigenvalue weighted by atomic mass is 35.5. The normalized spacial score (nSPS) is 16.7. The van der Waals surface area contributed by atoms with Crippen molar-refractivity contribution in [3.05, 3.63) is 52.1 Å². The van der Waals surface area contributed by atoms with Gasteiger partial charge in [-0.25, -0.2) is 4.39 Å². The Hall–Kier alpha value is -2.13. The zero-order valence-corrected chi connectivity index (χ0v) is 17.2. The number of likely N-dealkylation sites (tertiary alicyclic amines) is 1. The van der Waals surface area contributed by atoms with E-state index in [1.165, 1.54) is 19.1 Å².